The minimum absolute atomic E-state index is 0.0225. The first-order valence-electron chi connectivity index (χ1n) is 15.1. The van der Waals surface area contributed by atoms with E-state index >= 15 is 0 Å². The molecule has 6 nitrogen and oxygen atoms in total. The highest BCUT2D eigenvalue weighted by Crippen LogP contribution is 2.28. The van der Waals surface area contributed by atoms with Gasteiger partial charge in [0.2, 0.25) is 11.8 Å². The number of carbonyl (C=O) groups excluding carboxylic acids is 2. The van der Waals surface area contributed by atoms with Crippen LogP contribution in [0.2, 0.25) is 0 Å². The van der Waals surface area contributed by atoms with Crippen molar-refractivity contribution in [3.63, 3.8) is 0 Å². The summed E-state index contributed by atoms with van der Waals surface area (Å²) in [4.78, 5) is 33.1. The van der Waals surface area contributed by atoms with Crippen LogP contribution in [0.3, 0.4) is 0 Å². The van der Waals surface area contributed by atoms with Crippen LogP contribution >= 0.6 is 11.3 Å². The minimum atomic E-state index is -0.0258. The van der Waals surface area contributed by atoms with Crippen molar-refractivity contribution in [3.8, 4) is 0 Å². The molecule has 0 spiro atoms. The number of nitrogens with zero attached hydrogens (tertiary/aromatic N) is 2. The molecule has 1 aliphatic heterocycles. The van der Waals surface area contributed by atoms with E-state index in [2.05, 4.69) is 60.6 Å². The smallest absolute Gasteiger partial charge is 0.246 e. The molecule has 1 saturated heterocycles. The second kappa shape index (κ2) is 14.4. The van der Waals surface area contributed by atoms with Gasteiger partial charge in [0.25, 0.3) is 0 Å². The first-order chi connectivity index (χ1) is 18.8. The summed E-state index contributed by atoms with van der Waals surface area (Å²) in [5, 5.41) is 7.43. The van der Waals surface area contributed by atoms with Gasteiger partial charge in [-0.15, -0.1) is 11.3 Å². The monoisotopic (exact) mass is 552 g/mol. The largest absolute Gasteiger partial charge is 0.351 e. The number of piperidine rings is 1. The Labute approximate surface area is 239 Å². The van der Waals surface area contributed by atoms with Crippen LogP contribution < -0.4 is 10.6 Å². The summed E-state index contributed by atoms with van der Waals surface area (Å²) in [6.45, 7) is 12.2. The molecule has 1 aromatic carbocycles. The lowest BCUT2D eigenvalue weighted by atomic mass is 9.83. The van der Waals surface area contributed by atoms with Crippen LogP contribution in [0.4, 0.5) is 0 Å². The molecule has 1 aliphatic carbocycles. The number of nitrogens with one attached hydrogen (secondary N) is 2. The van der Waals surface area contributed by atoms with Gasteiger partial charge in [-0.3, -0.25) is 14.5 Å². The summed E-state index contributed by atoms with van der Waals surface area (Å²) in [5.74, 6) is 1.74. The van der Waals surface area contributed by atoms with Crippen LogP contribution in [-0.2, 0) is 16.0 Å². The molecule has 2 aliphatic rings. The minimum Gasteiger partial charge on any atom is -0.351 e. The van der Waals surface area contributed by atoms with Crippen LogP contribution in [0.5, 0.6) is 0 Å². The number of carbonyl (C=O) groups is 2. The van der Waals surface area contributed by atoms with E-state index in [1.165, 1.54) is 42.4 Å². The molecule has 7 heteroatoms. The van der Waals surface area contributed by atoms with E-state index in [-0.39, 0.29) is 17.9 Å². The van der Waals surface area contributed by atoms with Crippen molar-refractivity contribution < 1.29 is 9.59 Å². The van der Waals surface area contributed by atoms with E-state index in [1.807, 2.05) is 6.92 Å². The standard InChI is InChI=1S/C32H48N4O2S/c1-22(2)26-10-11-27-29(20-26)39-31(35-27)13-12-30(37)34-28(25-8-6-5-7-9-25)21-33-32(38)24(4)16-19-36-17-14-23(3)15-18-36/h10-11,16,20,22-23,25,28H,5-9,12-15,17-19,21H2,1-4H3,(H,33,38)(H,34,37)/b24-16+/t28-/m1/s1. The predicted octanol–water partition coefficient (Wildman–Crippen LogP) is 6.21. The molecule has 2 amide bonds. The van der Waals surface area contributed by atoms with Crippen molar-refractivity contribution in [2.24, 2.45) is 11.8 Å². The average Bonchev–Trinajstić information content (AvgIpc) is 3.36. The topological polar surface area (TPSA) is 74.3 Å². The molecule has 1 saturated carbocycles. The lowest BCUT2D eigenvalue weighted by molar-refractivity contribution is -0.123. The first-order valence-corrected chi connectivity index (χ1v) is 16.0. The van der Waals surface area contributed by atoms with Crippen LogP contribution in [0.15, 0.2) is 29.8 Å². The summed E-state index contributed by atoms with van der Waals surface area (Å²) in [7, 11) is 0. The fraction of sp³-hybridized carbons (Fsp3) is 0.656. The van der Waals surface area contributed by atoms with Crippen molar-refractivity contribution in [2.75, 3.05) is 26.2 Å². The maximum absolute atomic E-state index is 13.0. The highest BCUT2D eigenvalue weighted by atomic mass is 32.1. The van der Waals surface area contributed by atoms with Gasteiger partial charge in [0.15, 0.2) is 0 Å². The molecule has 214 valence electrons. The number of likely N-dealkylation sites (tertiary alicyclic amines) is 1. The van der Waals surface area contributed by atoms with Gasteiger partial charge in [0.05, 0.1) is 15.2 Å². The number of aryl methyl sites for hydroxylation is 1. The molecule has 4 rings (SSSR count). The highest BCUT2D eigenvalue weighted by Gasteiger charge is 2.26. The predicted molar refractivity (Wildman–Crippen MR) is 162 cm³/mol. The molecular weight excluding hydrogens is 504 g/mol. The lowest BCUT2D eigenvalue weighted by Crippen LogP contribution is -2.48. The molecular formula is C32H48N4O2S. The highest BCUT2D eigenvalue weighted by molar-refractivity contribution is 7.18. The molecule has 2 fully saturated rings. The van der Waals surface area contributed by atoms with Crippen LogP contribution in [0.1, 0.15) is 95.6 Å². The van der Waals surface area contributed by atoms with E-state index in [1.54, 1.807) is 11.3 Å². The number of amides is 2. The molecule has 1 atom stereocenters. The van der Waals surface area contributed by atoms with E-state index in [0.717, 1.165) is 54.5 Å². The third kappa shape index (κ3) is 8.87. The summed E-state index contributed by atoms with van der Waals surface area (Å²) in [6, 6.07) is 6.45. The summed E-state index contributed by atoms with van der Waals surface area (Å²) in [5.41, 5.74) is 3.10. The Hall–Kier alpha value is -2.25. The third-order valence-corrected chi connectivity index (χ3v) is 9.71. The van der Waals surface area contributed by atoms with Crippen LogP contribution in [-0.4, -0.2) is 53.9 Å². The number of thiazole rings is 1. The average molecular weight is 553 g/mol. The Morgan fingerprint density at radius 3 is 2.59 bits per heavy atom. The van der Waals surface area contributed by atoms with E-state index in [0.29, 0.717) is 31.2 Å². The third-order valence-electron chi connectivity index (χ3n) is 8.63. The van der Waals surface area contributed by atoms with Crippen molar-refractivity contribution in [2.45, 2.75) is 97.4 Å². The summed E-state index contributed by atoms with van der Waals surface area (Å²) >= 11 is 1.69. The van der Waals surface area contributed by atoms with Gasteiger partial charge in [-0.1, -0.05) is 52.2 Å². The van der Waals surface area contributed by atoms with Gasteiger partial charge >= 0.3 is 0 Å². The Balaban J connectivity index is 1.29. The number of fused-ring (bicyclic) bond motifs is 1. The van der Waals surface area contributed by atoms with Crippen molar-refractivity contribution in [1.82, 2.24) is 20.5 Å². The molecule has 2 aromatic rings. The first kappa shape index (κ1) is 29.7. The van der Waals surface area contributed by atoms with E-state index in [9.17, 15) is 9.59 Å². The SMILES string of the molecule is C/C(=C\CN1CCC(C)CC1)C(=O)NC[C@@H](NC(=O)CCc1nc2ccc(C(C)C)cc2s1)C1CCCCC1. The van der Waals surface area contributed by atoms with Crippen LogP contribution in [0, 0.1) is 11.8 Å². The van der Waals surface area contributed by atoms with Crippen LogP contribution in [0.25, 0.3) is 10.2 Å². The number of benzene rings is 1. The Morgan fingerprint density at radius 2 is 1.87 bits per heavy atom. The molecule has 2 heterocycles. The zero-order valence-electron chi connectivity index (χ0n) is 24.4. The fourth-order valence-electron chi connectivity index (χ4n) is 5.77. The summed E-state index contributed by atoms with van der Waals surface area (Å²) < 4.78 is 1.19. The number of hydrogen-bond acceptors (Lipinski definition) is 5. The van der Waals surface area contributed by atoms with Crippen molar-refractivity contribution in [3.05, 3.63) is 40.4 Å². The van der Waals surface area contributed by atoms with E-state index < -0.39 is 0 Å². The second-order valence-electron chi connectivity index (χ2n) is 12.1. The number of aromatic nitrogens is 1. The Morgan fingerprint density at radius 1 is 1.13 bits per heavy atom. The maximum Gasteiger partial charge on any atom is 0.246 e. The molecule has 0 radical (unpaired) electrons. The zero-order chi connectivity index (χ0) is 27.8. The van der Waals surface area contributed by atoms with Gasteiger partial charge in [-0.2, -0.15) is 0 Å². The van der Waals surface area contributed by atoms with Gasteiger partial charge in [0.1, 0.15) is 0 Å². The lowest BCUT2D eigenvalue weighted by Gasteiger charge is -2.31. The van der Waals surface area contributed by atoms with Crippen molar-refractivity contribution in [1.29, 1.82) is 0 Å². The quantitative estimate of drug-likeness (QED) is 0.325. The number of rotatable bonds is 11. The molecule has 2 N–H and O–H groups in total. The maximum atomic E-state index is 13.0. The molecule has 1 aromatic heterocycles. The van der Waals surface area contributed by atoms with E-state index in [4.69, 9.17) is 4.98 Å². The molecule has 0 bridgehead atoms. The fourth-order valence-corrected chi connectivity index (χ4v) is 6.79. The summed E-state index contributed by atoms with van der Waals surface area (Å²) in [6.07, 6.45) is 11.5. The molecule has 39 heavy (non-hydrogen) atoms. The number of hydrogen-bond donors (Lipinski definition) is 2. The Bertz CT molecular complexity index is 1130. The van der Waals surface area contributed by atoms with Gasteiger partial charge < -0.3 is 10.6 Å². The van der Waals surface area contributed by atoms with Gasteiger partial charge in [0, 0.05) is 37.5 Å². The van der Waals surface area contributed by atoms with Gasteiger partial charge in [-0.05, 0) is 81.1 Å². The zero-order valence-corrected chi connectivity index (χ0v) is 25.2. The normalized spacial score (nSPS) is 18.9. The Kier molecular flexibility index (Phi) is 11.0. The van der Waals surface area contributed by atoms with Gasteiger partial charge in [-0.25, -0.2) is 4.98 Å². The molecule has 0 unspecified atom stereocenters. The second-order valence-corrected chi connectivity index (χ2v) is 13.3. The van der Waals surface area contributed by atoms with Crippen molar-refractivity contribution >= 4 is 33.4 Å².